The maximum atomic E-state index is 11.9. The van der Waals surface area contributed by atoms with Gasteiger partial charge in [0, 0.05) is 24.7 Å². The number of nitrogens with zero attached hydrogens (tertiary/aromatic N) is 2. The second kappa shape index (κ2) is 8.33. The molecule has 1 aromatic carbocycles. The molecule has 0 unspecified atom stereocenters. The third-order valence-corrected chi connectivity index (χ3v) is 6.52. The molecule has 1 heterocycles. The monoisotopic (exact) mass is 360 g/mol. The van der Waals surface area contributed by atoms with Gasteiger partial charge >= 0.3 is 0 Å². The lowest BCUT2D eigenvalue weighted by molar-refractivity contribution is 0.146. The summed E-state index contributed by atoms with van der Waals surface area (Å²) in [5, 5.41) is 0.700. The van der Waals surface area contributed by atoms with Crippen molar-refractivity contribution in [3.8, 4) is 5.75 Å². The summed E-state index contributed by atoms with van der Waals surface area (Å²) in [6.45, 7) is 4.96. The van der Waals surface area contributed by atoms with Crippen LogP contribution in [0.4, 0.5) is 0 Å². The zero-order valence-corrected chi connectivity index (χ0v) is 15.3. The molecule has 0 saturated carbocycles. The SMILES string of the molecule is CCS(=O)(=O)N(C)C1CCN(CCOc2ccc(Cl)cc2)CC1. The van der Waals surface area contributed by atoms with Gasteiger partial charge in [0.05, 0.1) is 5.75 Å². The molecule has 0 radical (unpaired) electrons. The molecule has 1 aliphatic rings. The van der Waals surface area contributed by atoms with Gasteiger partial charge in [-0.2, -0.15) is 0 Å². The van der Waals surface area contributed by atoms with E-state index in [-0.39, 0.29) is 11.8 Å². The molecular weight excluding hydrogens is 336 g/mol. The van der Waals surface area contributed by atoms with E-state index in [0.717, 1.165) is 38.2 Å². The van der Waals surface area contributed by atoms with Crippen molar-refractivity contribution in [2.75, 3.05) is 39.0 Å². The van der Waals surface area contributed by atoms with Crippen molar-refractivity contribution in [3.05, 3.63) is 29.3 Å². The number of halogens is 1. The summed E-state index contributed by atoms with van der Waals surface area (Å²) < 4.78 is 31.1. The Balaban J connectivity index is 1.71. The van der Waals surface area contributed by atoms with Crippen LogP contribution in [0.3, 0.4) is 0 Å². The van der Waals surface area contributed by atoms with Gasteiger partial charge in [0.1, 0.15) is 12.4 Å². The number of likely N-dealkylation sites (tertiary alicyclic amines) is 1. The second-order valence-corrected chi connectivity index (χ2v) is 8.55. The standard InChI is InChI=1S/C16H25ClN2O3S/c1-3-23(20,21)18(2)15-8-10-19(11-9-15)12-13-22-16-6-4-14(17)5-7-16/h4-7,15H,3,8-13H2,1-2H3. The molecule has 0 aliphatic carbocycles. The lowest BCUT2D eigenvalue weighted by Gasteiger charge is -2.35. The molecular formula is C16H25ClN2O3S. The summed E-state index contributed by atoms with van der Waals surface area (Å²) in [5.41, 5.74) is 0. The largest absolute Gasteiger partial charge is 0.492 e. The summed E-state index contributed by atoms with van der Waals surface area (Å²) >= 11 is 5.84. The molecule has 1 aliphatic heterocycles. The Morgan fingerprint density at radius 2 is 1.87 bits per heavy atom. The summed E-state index contributed by atoms with van der Waals surface area (Å²) in [4.78, 5) is 2.32. The smallest absolute Gasteiger partial charge is 0.213 e. The normalized spacial score (nSPS) is 17.6. The Labute approximate surface area is 144 Å². The molecule has 130 valence electrons. The van der Waals surface area contributed by atoms with E-state index >= 15 is 0 Å². The zero-order chi connectivity index (χ0) is 16.9. The predicted octanol–water partition coefficient (Wildman–Crippen LogP) is 2.46. The first-order valence-electron chi connectivity index (χ1n) is 7.99. The maximum Gasteiger partial charge on any atom is 0.213 e. The van der Waals surface area contributed by atoms with E-state index in [0.29, 0.717) is 11.6 Å². The van der Waals surface area contributed by atoms with Crippen LogP contribution in [0.1, 0.15) is 19.8 Å². The summed E-state index contributed by atoms with van der Waals surface area (Å²) in [6.07, 6.45) is 1.74. The third kappa shape index (κ3) is 5.35. The molecule has 5 nitrogen and oxygen atoms in total. The van der Waals surface area contributed by atoms with Crippen LogP contribution in [0.25, 0.3) is 0 Å². The van der Waals surface area contributed by atoms with Gasteiger partial charge in [-0.25, -0.2) is 12.7 Å². The van der Waals surface area contributed by atoms with E-state index in [1.807, 2.05) is 24.3 Å². The third-order valence-electron chi connectivity index (χ3n) is 4.36. The van der Waals surface area contributed by atoms with Crippen LogP contribution in [0.5, 0.6) is 5.75 Å². The molecule has 1 saturated heterocycles. The average molecular weight is 361 g/mol. The van der Waals surface area contributed by atoms with Crippen molar-refractivity contribution < 1.29 is 13.2 Å². The molecule has 0 aromatic heterocycles. The minimum Gasteiger partial charge on any atom is -0.492 e. The zero-order valence-electron chi connectivity index (χ0n) is 13.7. The highest BCUT2D eigenvalue weighted by atomic mass is 35.5. The first-order chi connectivity index (χ1) is 10.9. The van der Waals surface area contributed by atoms with Crippen LogP contribution >= 0.6 is 11.6 Å². The van der Waals surface area contributed by atoms with Gasteiger partial charge in [-0.05, 0) is 57.1 Å². The minimum atomic E-state index is -3.09. The van der Waals surface area contributed by atoms with Crippen LogP contribution in [0, 0.1) is 0 Å². The van der Waals surface area contributed by atoms with Crippen molar-refractivity contribution in [1.29, 1.82) is 0 Å². The van der Waals surface area contributed by atoms with Gasteiger partial charge < -0.3 is 4.74 Å². The Morgan fingerprint density at radius 3 is 2.43 bits per heavy atom. The highest BCUT2D eigenvalue weighted by Crippen LogP contribution is 2.19. The van der Waals surface area contributed by atoms with Gasteiger partial charge in [0.25, 0.3) is 0 Å². The molecule has 0 atom stereocenters. The first-order valence-corrected chi connectivity index (χ1v) is 9.97. The van der Waals surface area contributed by atoms with Crippen LogP contribution in [-0.2, 0) is 10.0 Å². The second-order valence-electron chi connectivity index (χ2n) is 5.79. The molecule has 0 amide bonds. The van der Waals surface area contributed by atoms with E-state index in [9.17, 15) is 8.42 Å². The molecule has 0 bridgehead atoms. The number of sulfonamides is 1. The van der Waals surface area contributed by atoms with E-state index in [1.165, 1.54) is 0 Å². The lowest BCUT2D eigenvalue weighted by atomic mass is 10.1. The van der Waals surface area contributed by atoms with E-state index < -0.39 is 10.0 Å². The summed E-state index contributed by atoms with van der Waals surface area (Å²) in [5.74, 6) is 0.983. The van der Waals surface area contributed by atoms with Crippen LogP contribution in [0.2, 0.25) is 5.02 Å². The van der Waals surface area contributed by atoms with Crippen molar-refractivity contribution in [3.63, 3.8) is 0 Å². The maximum absolute atomic E-state index is 11.9. The number of hydrogen-bond acceptors (Lipinski definition) is 4. The summed E-state index contributed by atoms with van der Waals surface area (Å²) in [7, 11) is -1.40. The van der Waals surface area contributed by atoms with Crippen molar-refractivity contribution in [2.45, 2.75) is 25.8 Å². The molecule has 1 aromatic rings. The fourth-order valence-corrected chi connectivity index (χ4v) is 3.96. The van der Waals surface area contributed by atoms with Crippen LogP contribution < -0.4 is 4.74 Å². The number of benzene rings is 1. The van der Waals surface area contributed by atoms with E-state index in [4.69, 9.17) is 16.3 Å². The fraction of sp³-hybridized carbons (Fsp3) is 0.625. The van der Waals surface area contributed by atoms with Crippen molar-refractivity contribution in [2.24, 2.45) is 0 Å². The van der Waals surface area contributed by atoms with Gasteiger partial charge in [-0.15, -0.1) is 0 Å². The Kier molecular flexibility index (Phi) is 6.71. The van der Waals surface area contributed by atoms with E-state index in [2.05, 4.69) is 4.90 Å². The number of piperidine rings is 1. The molecule has 0 spiro atoms. The van der Waals surface area contributed by atoms with E-state index in [1.54, 1.807) is 18.3 Å². The molecule has 2 rings (SSSR count). The first kappa shape index (κ1) is 18.5. The Bertz CT molecular complexity index is 584. The van der Waals surface area contributed by atoms with Gasteiger partial charge in [0.2, 0.25) is 10.0 Å². The van der Waals surface area contributed by atoms with Gasteiger partial charge in [-0.3, -0.25) is 4.90 Å². The van der Waals surface area contributed by atoms with Gasteiger partial charge in [-0.1, -0.05) is 11.6 Å². The summed E-state index contributed by atoms with van der Waals surface area (Å²) in [6, 6.07) is 7.46. The molecule has 7 heteroatoms. The average Bonchev–Trinajstić information content (AvgIpc) is 2.56. The topological polar surface area (TPSA) is 49.9 Å². The number of ether oxygens (including phenoxy) is 1. The Hall–Kier alpha value is -0.820. The van der Waals surface area contributed by atoms with Gasteiger partial charge in [0.15, 0.2) is 0 Å². The van der Waals surface area contributed by atoms with Crippen LogP contribution in [0.15, 0.2) is 24.3 Å². The molecule has 1 fully saturated rings. The highest BCUT2D eigenvalue weighted by molar-refractivity contribution is 7.89. The fourth-order valence-electron chi connectivity index (χ4n) is 2.76. The molecule has 23 heavy (non-hydrogen) atoms. The van der Waals surface area contributed by atoms with Crippen molar-refractivity contribution in [1.82, 2.24) is 9.21 Å². The van der Waals surface area contributed by atoms with Crippen LogP contribution in [-0.4, -0.2) is 62.7 Å². The minimum absolute atomic E-state index is 0.119. The number of hydrogen-bond donors (Lipinski definition) is 0. The Morgan fingerprint density at radius 1 is 1.26 bits per heavy atom. The predicted molar refractivity (Wildman–Crippen MR) is 93.6 cm³/mol. The van der Waals surface area contributed by atoms with Crippen molar-refractivity contribution >= 4 is 21.6 Å². The lowest BCUT2D eigenvalue weighted by Crippen LogP contribution is -2.46. The quantitative estimate of drug-likeness (QED) is 0.749. The molecule has 0 N–H and O–H groups in total. The number of rotatable bonds is 7. The highest BCUT2D eigenvalue weighted by Gasteiger charge is 2.28.